The molecule has 0 saturated heterocycles. The smallest absolute Gasteiger partial charge is 0.303 e. The van der Waals surface area contributed by atoms with Crippen LogP contribution in [0.25, 0.3) is 6.08 Å². The van der Waals surface area contributed by atoms with Gasteiger partial charge in [-0.2, -0.15) is 0 Å². The molecule has 2 aromatic rings. The Labute approximate surface area is 215 Å². The molecule has 0 spiro atoms. The van der Waals surface area contributed by atoms with Crippen LogP contribution in [0.2, 0.25) is 0 Å². The molecule has 0 radical (unpaired) electrons. The van der Waals surface area contributed by atoms with Crippen molar-refractivity contribution in [1.82, 2.24) is 0 Å². The number of benzene rings is 2. The highest BCUT2D eigenvalue weighted by Crippen LogP contribution is 2.41. The van der Waals surface area contributed by atoms with E-state index in [-0.39, 0.29) is 18.4 Å². The molecule has 0 amide bonds. The van der Waals surface area contributed by atoms with E-state index in [2.05, 4.69) is 57.2 Å². The zero-order valence-electron chi connectivity index (χ0n) is 22.2. The Morgan fingerprint density at radius 2 is 1.72 bits per heavy atom. The van der Waals surface area contributed by atoms with Crippen molar-refractivity contribution in [3.05, 3.63) is 70.3 Å². The van der Waals surface area contributed by atoms with Crippen LogP contribution in [0, 0.1) is 13.8 Å². The van der Waals surface area contributed by atoms with Crippen LogP contribution in [0.5, 0.6) is 5.75 Å². The van der Waals surface area contributed by atoms with Crippen molar-refractivity contribution < 1.29 is 24.9 Å². The second-order valence-electron chi connectivity index (χ2n) is 10.4. The van der Waals surface area contributed by atoms with Gasteiger partial charge >= 0.3 is 5.97 Å². The molecule has 0 bridgehead atoms. The SMILES string of the molecule is CCC(CC)(c1ccc(C=CC2(O)CCC2)c(C)c1)c1ccc(OC[C@@H](O)CCCC(=O)O)c(C)c1. The van der Waals surface area contributed by atoms with Crippen LogP contribution < -0.4 is 4.74 Å². The Morgan fingerprint density at radius 1 is 1.08 bits per heavy atom. The summed E-state index contributed by atoms with van der Waals surface area (Å²) in [6, 6.07) is 13.0. The van der Waals surface area contributed by atoms with E-state index in [0.29, 0.717) is 12.8 Å². The summed E-state index contributed by atoms with van der Waals surface area (Å²) in [5.41, 5.74) is 5.13. The summed E-state index contributed by atoms with van der Waals surface area (Å²) in [7, 11) is 0. The van der Waals surface area contributed by atoms with Gasteiger partial charge in [-0.05, 0) is 92.7 Å². The van der Waals surface area contributed by atoms with Crippen molar-refractivity contribution in [3.8, 4) is 5.75 Å². The molecule has 0 aliphatic heterocycles. The van der Waals surface area contributed by atoms with Crippen LogP contribution >= 0.6 is 0 Å². The summed E-state index contributed by atoms with van der Waals surface area (Å²) in [6.07, 6.45) is 8.92. The van der Waals surface area contributed by atoms with E-state index >= 15 is 0 Å². The van der Waals surface area contributed by atoms with Crippen molar-refractivity contribution in [2.75, 3.05) is 6.61 Å². The third kappa shape index (κ3) is 6.57. The number of carboxylic acids is 1. The second-order valence-corrected chi connectivity index (χ2v) is 10.4. The minimum atomic E-state index is -0.849. The molecule has 196 valence electrons. The first-order valence-corrected chi connectivity index (χ1v) is 13.3. The zero-order valence-corrected chi connectivity index (χ0v) is 22.2. The van der Waals surface area contributed by atoms with Gasteiger partial charge in [-0.15, -0.1) is 0 Å². The lowest BCUT2D eigenvalue weighted by atomic mass is 9.70. The number of hydrogen-bond acceptors (Lipinski definition) is 4. The summed E-state index contributed by atoms with van der Waals surface area (Å²) in [6.45, 7) is 8.76. The Kier molecular flexibility index (Phi) is 9.37. The molecule has 1 fully saturated rings. The molecule has 5 nitrogen and oxygen atoms in total. The van der Waals surface area contributed by atoms with Crippen molar-refractivity contribution >= 4 is 12.0 Å². The molecule has 36 heavy (non-hydrogen) atoms. The van der Waals surface area contributed by atoms with Gasteiger partial charge in [0.15, 0.2) is 0 Å². The van der Waals surface area contributed by atoms with Crippen molar-refractivity contribution in [2.24, 2.45) is 0 Å². The van der Waals surface area contributed by atoms with Gasteiger partial charge in [-0.3, -0.25) is 4.79 Å². The maximum atomic E-state index is 10.7. The molecular formula is C31H42O5. The van der Waals surface area contributed by atoms with Crippen LogP contribution in [0.15, 0.2) is 42.5 Å². The van der Waals surface area contributed by atoms with Gasteiger partial charge in [-0.25, -0.2) is 0 Å². The molecule has 3 N–H and O–H groups in total. The summed E-state index contributed by atoms with van der Waals surface area (Å²) in [5.74, 6) is -0.110. The Bertz CT molecular complexity index is 1060. The highest BCUT2D eigenvalue weighted by atomic mass is 16.5. The third-order valence-corrected chi connectivity index (χ3v) is 7.91. The van der Waals surface area contributed by atoms with E-state index in [1.54, 1.807) is 0 Å². The van der Waals surface area contributed by atoms with E-state index in [0.717, 1.165) is 49.0 Å². The average molecular weight is 495 g/mol. The fourth-order valence-electron chi connectivity index (χ4n) is 5.21. The largest absolute Gasteiger partial charge is 0.491 e. The Hall–Kier alpha value is -2.63. The Balaban J connectivity index is 1.76. The molecule has 1 atom stereocenters. The summed E-state index contributed by atoms with van der Waals surface area (Å²) in [5, 5.41) is 29.3. The van der Waals surface area contributed by atoms with Gasteiger partial charge in [-0.1, -0.05) is 56.3 Å². The van der Waals surface area contributed by atoms with Gasteiger partial charge in [0, 0.05) is 11.8 Å². The summed E-state index contributed by atoms with van der Waals surface area (Å²) >= 11 is 0. The van der Waals surface area contributed by atoms with Gasteiger partial charge < -0.3 is 20.1 Å². The monoisotopic (exact) mass is 494 g/mol. The predicted molar refractivity (Wildman–Crippen MR) is 145 cm³/mol. The first kappa shape index (κ1) is 27.9. The van der Waals surface area contributed by atoms with E-state index in [9.17, 15) is 15.0 Å². The Morgan fingerprint density at radius 3 is 2.25 bits per heavy atom. The zero-order chi connectivity index (χ0) is 26.3. The quantitative estimate of drug-likeness (QED) is 0.303. The summed E-state index contributed by atoms with van der Waals surface area (Å²) < 4.78 is 5.87. The molecule has 0 unspecified atom stereocenters. The van der Waals surface area contributed by atoms with Crippen LogP contribution in [-0.4, -0.2) is 39.6 Å². The fourth-order valence-corrected chi connectivity index (χ4v) is 5.21. The number of aliphatic hydroxyl groups is 2. The molecular weight excluding hydrogens is 452 g/mol. The lowest BCUT2D eigenvalue weighted by Crippen LogP contribution is -2.33. The van der Waals surface area contributed by atoms with Gasteiger partial charge in [0.2, 0.25) is 0 Å². The number of aliphatic carboxylic acids is 1. The van der Waals surface area contributed by atoms with Crippen LogP contribution in [0.4, 0.5) is 0 Å². The van der Waals surface area contributed by atoms with Crippen molar-refractivity contribution in [3.63, 3.8) is 0 Å². The molecule has 0 aromatic heterocycles. The number of rotatable bonds is 13. The van der Waals surface area contributed by atoms with Crippen molar-refractivity contribution in [2.45, 2.75) is 96.2 Å². The first-order valence-electron chi connectivity index (χ1n) is 13.3. The fraction of sp³-hybridized carbons (Fsp3) is 0.516. The van der Waals surface area contributed by atoms with Crippen LogP contribution in [-0.2, 0) is 10.2 Å². The standard InChI is InChI=1S/C31H42O5/c1-5-31(6-2,25-12-11-24(22(3)19-25)15-18-30(35)16-8-17-30)26-13-14-28(23(4)20-26)36-21-27(32)9-7-10-29(33)34/h11-15,18-20,27,32,35H,5-10,16-17,21H2,1-4H3,(H,33,34)/t27-/m0/s1. The van der Waals surface area contributed by atoms with Gasteiger partial charge in [0.25, 0.3) is 0 Å². The van der Waals surface area contributed by atoms with Gasteiger partial charge in [0.05, 0.1) is 11.7 Å². The number of hydrogen-bond donors (Lipinski definition) is 3. The first-order chi connectivity index (χ1) is 17.1. The average Bonchev–Trinajstić information content (AvgIpc) is 2.82. The maximum Gasteiger partial charge on any atom is 0.303 e. The normalized spacial score (nSPS) is 16.1. The molecule has 3 rings (SSSR count). The third-order valence-electron chi connectivity index (χ3n) is 7.91. The number of aryl methyl sites for hydroxylation is 2. The number of ether oxygens (including phenoxy) is 1. The highest BCUT2D eigenvalue weighted by molar-refractivity contribution is 5.66. The molecule has 5 heteroatoms. The molecule has 2 aromatic carbocycles. The lowest BCUT2D eigenvalue weighted by molar-refractivity contribution is -0.137. The van der Waals surface area contributed by atoms with Crippen LogP contribution in [0.1, 0.15) is 93.0 Å². The number of aliphatic hydroxyl groups excluding tert-OH is 1. The molecule has 1 aliphatic carbocycles. The number of carbonyl (C=O) groups is 1. The van der Waals surface area contributed by atoms with E-state index in [4.69, 9.17) is 9.84 Å². The second kappa shape index (κ2) is 12.1. The van der Waals surface area contributed by atoms with Crippen LogP contribution in [0.3, 0.4) is 0 Å². The molecule has 0 heterocycles. The molecule has 1 aliphatic rings. The maximum absolute atomic E-state index is 10.7. The van der Waals surface area contributed by atoms with Crippen molar-refractivity contribution in [1.29, 1.82) is 0 Å². The molecule has 1 saturated carbocycles. The highest BCUT2D eigenvalue weighted by Gasteiger charge is 2.32. The minimum absolute atomic E-state index is 0.0554. The van der Waals surface area contributed by atoms with E-state index in [1.807, 2.05) is 19.1 Å². The van der Waals surface area contributed by atoms with Gasteiger partial charge in [0.1, 0.15) is 12.4 Å². The lowest BCUT2D eigenvalue weighted by Gasteiger charge is -2.34. The predicted octanol–water partition coefficient (Wildman–Crippen LogP) is 6.33. The number of carboxylic acid groups (broad SMARTS) is 1. The topological polar surface area (TPSA) is 87.0 Å². The van der Waals surface area contributed by atoms with E-state index < -0.39 is 17.7 Å². The minimum Gasteiger partial charge on any atom is -0.491 e. The van der Waals surface area contributed by atoms with E-state index in [1.165, 1.54) is 16.7 Å². The summed E-state index contributed by atoms with van der Waals surface area (Å²) in [4.78, 5) is 10.7.